The third-order valence-corrected chi connectivity index (χ3v) is 7.33. The van der Waals surface area contributed by atoms with Gasteiger partial charge in [-0.2, -0.15) is 14.4 Å². The van der Waals surface area contributed by atoms with E-state index in [1.807, 2.05) is 40.1 Å². The molecule has 2 aromatic rings. The lowest BCUT2D eigenvalue weighted by atomic mass is 9.70. The molecular weight excluding hydrogens is 437 g/mol. The summed E-state index contributed by atoms with van der Waals surface area (Å²) in [5.74, 6) is 0.991. The maximum Gasteiger partial charge on any atom is 0.229 e. The second kappa shape index (κ2) is 9.84. The number of nitrogens with zero attached hydrogens (tertiary/aromatic N) is 5. The van der Waals surface area contributed by atoms with Crippen molar-refractivity contribution in [3.63, 3.8) is 0 Å². The quantitative estimate of drug-likeness (QED) is 0.661. The molecule has 3 fully saturated rings. The Morgan fingerprint density at radius 1 is 0.824 bits per heavy atom. The maximum atomic E-state index is 15.7. The van der Waals surface area contributed by atoms with Crippen LogP contribution in [-0.4, -0.2) is 81.4 Å². The molecule has 0 aliphatic carbocycles. The van der Waals surface area contributed by atoms with Gasteiger partial charge in [0.1, 0.15) is 5.78 Å². The Kier molecular flexibility index (Phi) is 6.65. The summed E-state index contributed by atoms with van der Waals surface area (Å²) < 4.78 is 26.6. The second-order valence-corrected chi connectivity index (χ2v) is 9.18. The van der Waals surface area contributed by atoms with Gasteiger partial charge in [0.2, 0.25) is 11.8 Å². The van der Waals surface area contributed by atoms with Crippen molar-refractivity contribution in [3.8, 4) is 0 Å². The summed E-state index contributed by atoms with van der Waals surface area (Å²) in [5, 5.41) is 0. The number of benzene rings is 1. The van der Waals surface area contributed by atoms with Crippen LogP contribution < -0.4 is 14.7 Å². The predicted octanol–water partition coefficient (Wildman–Crippen LogP) is 2.42. The predicted molar refractivity (Wildman–Crippen MR) is 128 cm³/mol. The first-order valence-corrected chi connectivity index (χ1v) is 12.1. The number of Topliss-reactive ketones (excluding diaryl/α,β-unsaturated/α-hetero) is 1. The Morgan fingerprint density at radius 2 is 1.32 bits per heavy atom. The van der Waals surface area contributed by atoms with Gasteiger partial charge >= 0.3 is 0 Å². The largest absolute Gasteiger partial charge is 0.378 e. The number of piperidine rings is 1. The Balaban J connectivity index is 1.45. The molecule has 0 saturated carbocycles. The summed E-state index contributed by atoms with van der Waals surface area (Å²) >= 11 is 0. The first-order valence-electron chi connectivity index (χ1n) is 12.1. The zero-order chi connectivity index (χ0) is 23.5. The van der Waals surface area contributed by atoms with Crippen LogP contribution in [0, 0.1) is 5.82 Å². The van der Waals surface area contributed by atoms with Crippen LogP contribution in [0.1, 0.15) is 25.3 Å². The molecule has 4 heterocycles. The number of morpholine rings is 2. The van der Waals surface area contributed by atoms with Gasteiger partial charge in [-0.25, -0.2) is 0 Å². The molecule has 5 rings (SSSR count). The number of carbonyl (C=O) groups is 1. The minimum atomic E-state index is -0.502. The Morgan fingerprint density at radius 3 is 1.79 bits per heavy atom. The van der Waals surface area contributed by atoms with E-state index in [0.29, 0.717) is 96.1 Å². The van der Waals surface area contributed by atoms with E-state index in [1.165, 1.54) is 0 Å². The normalized spacial score (nSPS) is 20.9. The molecule has 9 heteroatoms. The fourth-order valence-corrected chi connectivity index (χ4v) is 5.21. The van der Waals surface area contributed by atoms with E-state index < -0.39 is 5.41 Å². The molecule has 3 aliphatic heterocycles. The third kappa shape index (κ3) is 4.34. The van der Waals surface area contributed by atoms with Gasteiger partial charge in [0.15, 0.2) is 11.6 Å². The van der Waals surface area contributed by atoms with Crippen molar-refractivity contribution in [1.82, 2.24) is 9.97 Å². The van der Waals surface area contributed by atoms with Crippen molar-refractivity contribution in [1.29, 1.82) is 0 Å². The van der Waals surface area contributed by atoms with Crippen molar-refractivity contribution >= 4 is 23.4 Å². The highest BCUT2D eigenvalue weighted by molar-refractivity contribution is 5.88. The number of anilines is 3. The number of ether oxygens (including phenoxy) is 2. The molecule has 0 radical (unpaired) electrons. The number of hydrogen-bond acceptors (Lipinski definition) is 8. The van der Waals surface area contributed by atoms with Crippen LogP contribution in [0.2, 0.25) is 0 Å². The lowest BCUT2D eigenvalue weighted by Gasteiger charge is -2.41. The average Bonchev–Trinajstić information content (AvgIpc) is 2.90. The monoisotopic (exact) mass is 469 g/mol. The summed E-state index contributed by atoms with van der Waals surface area (Å²) in [7, 11) is 0. The van der Waals surface area contributed by atoms with E-state index in [0.717, 1.165) is 5.56 Å². The van der Waals surface area contributed by atoms with Crippen LogP contribution in [0.25, 0.3) is 0 Å². The number of ketones is 1. The van der Waals surface area contributed by atoms with E-state index >= 15 is 4.39 Å². The molecule has 0 amide bonds. The molecule has 0 unspecified atom stereocenters. The summed E-state index contributed by atoms with van der Waals surface area (Å²) in [5.41, 5.74) is 0.558. The van der Waals surface area contributed by atoms with Gasteiger partial charge in [-0.3, -0.25) is 4.79 Å². The molecule has 1 aromatic heterocycles. The van der Waals surface area contributed by atoms with Crippen LogP contribution in [0.5, 0.6) is 0 Å². The minimum Gasteiger partial charge on any atom is -0.378 e. The summed E-state index contributed by atoms with van der Waals surface area (Å²) in [6.45, 7) is 7.52. The Hall–Kier alpha value is -2.78. The van der Waals surface area contributed by atoms with E-state index in [9.17, 15) is 4.79 Å². The van der Waals surface area contributed by atoms with Crippen molar-refractivity contribution in [2.24, 2.45) is 0 Å². The maximum absolute atomic E-state index is 15.7. The highest BCUT2D eigenvalue weighted by Crippen LogP contribution is 2.38. The van der Waals surface area contributed by atoms with Gasteiger partial charge in [0, 0.05) is 39.3 Å². The van der Waals surface area contributed by atoms with E-state index in [-0.39, 0.29) is 11.6 Å². The molecule has 3 saturated heterocycles. The van der Waals surface area contributed by atoms with Gasteiger partial charge in [-0.05, 0) is 25.3 Å². The third-order valence-electron chi connectivity index (χ3n) is 7.33. The van der Waals surface area contributed by atoms with E-state index in [1.54, 1.807) is 6.92 Å². The lowest BCUT2D eigenvalue weighted by Crippen LogP contribution is -2.47. The summed E-state index contributed by atoms with van der Waals surface area (Å²) in [6, 6.07) is 10.0. The fourth-order valence-electron chi connectivity index (χ4n) is 5.21. The van der Waals surface area contributed by atoms with E-state index in [2.05, 4.69) is 4.90 Å². The standard InChI is InChI=1S/C25H32FN5O3/c1-19(32)25(20-5-3-2-4-6-20)7-9-31(10-8-25)24-27-22(29-11-15-33-16-12-29)21(26)23(28-24)30-13-17-34-18-14-30/h2-6H,7-18H2,1H3. The van der Waals surface area contributed by atoms with Crippen molar-refractivity contribution in [2.45, 2.75) is 25.2 Å². The van der Waals surface area contributed by atoms with E-state index in [4.69, 9.17) is 19.4 Å². The highest BCUT2D eigenvalue weighted by atomic mass is 19.1. The number of hydrogen-bond donors (Lipinski definition) is 0. The number of rotatable bonds is 5. The van der Waals surface area contributed by atoms with Crippen LogP contribution >= 0.6 is 0 Å². The molecule has 0 bridgehead atoms. The van der Waals surface area contributed by atoms with Crippen LogP contribution in [0.3, 0.4) is 0 Å². The average molecular weight is 470 g/mol. The Bertz CT molecular complexity index is 962. The molecule has 0 atom stereocenters. The molecule has 0 N–H and O–H groups in total. The highest BCUT2D eigenvalue weighted by Gasteiger charge is 2.41. The number of carbonyl (C=O) groups excluding carboxylic acids is 1. The topological polar surface area (TPSA) is 71.0 Å². The molecule has 182 valence electrons. The van der Waals surface area contributed by atoms with Crippen LogP contribution in [0.4, 0.5) is 22.0 Å². The summed E-state index contributed by atoms with van der Waals surface area (Å²) in [6.07, 6.45) is 1.35. The van der Waals surface area contributed by atoms with Gasteiger partial charge in [0.25, 0.3) is 0 Å². The van der Waals surface area contributed by atoms with Gasteiger partial charge in [-0.15, -0.1) is 0 Å². The number of halogens is 1. The number of aromatic nitrogens is 2. The first-order chi connectivity index (χ1) is 16.6. The second-order valence-electron chi connectivity index (χ2n) is 9.18. The minimum absolute atomic E-state index is 0.182. The lowest BCUT2D eigenvalue weighted by molar-refractivity contribution is -0.123. The van der Waals surface area contributed by atoms with Gasteiger partial charge < -0.3 is 24.2 Å². The zero-order valence-electron chi connectivity index (χ0n) is 19.7. The van der Waals surface area contributed by atoms with Crippen molar-refractivity contribution < 1.29 is 18.7 Å². The fraction of sp³-hybridized carbons (Fsp3) is 0.560. The van der Waals surface area contributed by atoms with Crippen molar-refractivity contribution in [2.75, 3.05) is 80.4 Å². The molecule has 1 aromatic carbocycles. The van der Waals surface area contributed by atoms with Gasteiger partial charge in [-0.1, -0.05) is 30.3 Å². The summed E-state index contributed by atoms with van der Waals surface area (Å²) in [4.78, 5) is 28.2. The first kappa shape index (κ1) is 23.0. The van der Waals surface area contributed by atoms with Crippen LogP contribution in [0.15, 0.2) is 30.3 Å². The smallest absolute Gasteiger partial charge is 0.229 e. The molecule has 8 nitrogen and oxygen atoms in total. The molecule has 0 spiro atoms. The van der Waals surface area contributed by atoms with Crippen molar-refractivity contribution in [3.05, 3.63) is 41.7 Å². The molecular formula is C25H32FN5O3. The zero-order valence-corrected chi connectivity index (χ0v) is 19.7. The SMILES string of the molecule is CC(=O)C1(c2ccccc2)CCN(c2nc(N3CCOCC3)c(F)c(N3CCOCC3)n2)CC1. The molecule has 34 heavy (non-hydrogen) atoms. The van der Waals surface area contributed by atoms with Crippen LogP contribution in [-0.2, 0) is 19.7 Å². The van der Waals surface area contributed by atoms with Gasteiger partial charge in [0.05, 0.1) is 31.8 Å². The Labute approximate surface area is 199 Å². The molecule has 3 aliphatic rings.